The average molecular weight is 276 g/mol. The van der Waals surface area contributed by atoms with Gasteiger partial charge in [0.05, 0.1) is 0 Å². The fourth-order valence-electron chi connectivity index (χ4n) is 3.40. The zero-order valence-corrected chi connectivity index (χ0v) is 12.6. The first-order valence-electron chi connectivity index (χ1n) is 7.06. The number of nitrogens with zero attached hydrogens (tertiary/aromatic N) is 1. The highest BCUT2D eigenvalue weighted by Gasteiger charge is 2.48. The minimum absolute atomic E-state index is 0.0246. The lowest BCUT2D eigenvalue weighted by Crippen LogP contribution is -2.59. The molecule has 1 aliphatic heterocycles. The van der Waals surface area contributed by atoms with E-state index in [-0.39, 0.29) is 17.5 Å². The van der Waals surface area contributed by atoms with Crippen molar-refractivity contribution in [3.05, 3.63) is 23.8 Å². The summed E-state index contributed by atoms with van der Waals surface area (Å²) in [5, 5.41) is 13.4. The molecule has 4 nitrogen and oxygen atoms in total. The molecular weight excluding hydrogens is 254 g/mol. The first-order chi connectivity index (χ1) is 9.13. The van der Waals surface area contributed by atoms with Crippen LogP contribution in [0, 0.1) is 5.92 Å². The number of Topliss-reactive ketones (excluding diaryl/α,β-unsaturated/α-hetero) is 1. The molecule has 1 heterocycles. The summed E-state index contributed by atoms with van der Waals surface area (Å²) in [6.45, 7) is 7.54. The Morgan fingerprint density at radius 2 is 1.70 bits per heavy atom. The SMILES string of the molecule is CC1(C)CC(C(=O)C2=CCC(=O)C=C2)CC(C)(C)N1[O]. The van der Waals surface area contributed by atoms with Crippen molar-refractivity contribution in [2.45, 2.75) is 58.0 Å². The van der Waals surface area contributed by atoms with Gasteiger partial charge < -0.3 is 0 Å². The Hall–Kier alpha value is -1.26. The van der Waals surface area contributed by atoms with E-state index in [1.54, 1.807) is 12.2 Å². The van der Waals surface area contributed by atoms with E-state index in [9.17, 15) is 14.8 Å². The predicted molar refractivity (Wildman–Crippen MR) is 75.3 cm³/mol. The van der Waals surface area contributed by atoms with Crippen molar-refractivity contribution >= 4 is 11.6 Å². The Labute approximate surface area is 120 Å². The van der Waals surface area contributed by atoms with Crippen LogP contribution in [0.25, 0.3) is 0 Å². The number of allylic oxidation sites excluding steroid dienone is 4. The standard InChI is InChI=1S/C16H22NO3/c1-15(2)9-12(10-16(3,4)17(15)20)14(19)11-5-7-13(18)8-6-11/h5-7,12H,8-10H2,1-4H3. The second-order valence-electron chi connectivity index (χ2n) is 7.05. The van der Waals surface area contributed by atoms with E-state index in [4.69, 9.17) is 0 Å². The zero-order valence-electron chi connectivity index (χ0n) is 12.6. The van der Waals surface area contributed by atoms with Gasteiger partial charge in [0.15, 0.2) is 11.6 Å². The summed E-state index contributed by atoms with van der Waals surface area (Å²) < 4.78 is 0. The summed E-state index contributed by atoms with van der Waals surface area (Å²) in [5.74, 6) is -0.0751. The summed E-state index contributed by atoms with van der Waals surface area (Å²) in [5.41, 5.74) is -0.478. The lowest BCUT2D eigenvalue weighted by Gasteiger charge is -2.49. The molecule has 0 atom stereocenters. The van der Waals surface area contributed by atoms with Gasteiger partial charge in [0.1, 0.15) is 0 Å². The number of hydroxylamine groups is 2. The van der Waals surface area contributed by atoms with E-state index in [1.807, 2.05) is 27.7 Å². The number of carbonyl (C=O) groups excluding carboxylic acids is 2. The molecule has 1 radical (unpaired) electrons. The monoisotopic (exact) mass is 276 g/mol. The first kappa shape index (κ1) is 15.1. The van der Waals surface area contributed by atoms with E-state index in [0.717, 1.165) is 5.06 Å². The summed E-state index contributed by atoms with van der Waals surface area (Å²) in [6.07, 6.45) is 6.18. The fraction of sp³-hybridized carbons (Fsp3) is 0.625. The van der Waals surface area contributed by atoms with Crippen LogP contribution in [0.3, 0.4) is 0 Å². The van der Waals surface area contributed by atoms with Crippen LogP contribution in [-0.2, 0) is 14.8 Å². The Balaban J connectivity index is 2.20. The van der Waals surface area contributed by atoms with Crippen molar-refractivity contribution < 1.29 is 14.8 Å². The Kier molecular flexibility index (Phi) is 3.73. The fourth-order valence-corrected chi connectivity index (χ4v) is 3.40. The van der Waals surface area contributed by atoms with Crippen molar-refractivity contribution in [3.8, 4) is 0 Å². The van der Waals surface area contributed by atoms with E-state index in [2.05, 4.69) is 0 Å². The minimum atomic E-state index is -0.545. The van der Waals surface area contributed by atoms with Crippen molar-refractivity contribution in [1.29, 1.82) is 0 Å². The van der Waals surface area contributed by atoms with Gasteiger partial charge in [-0.3, -0.25) is 9.59 Å². The summed E-state index contributed by atoms with van der Waals surface area (Å²) >= 11 is 0. The van der Waals surface area contributed by atoms with Crippen molar-refractivity contribution in [1.82, 2.24) is 5.06 Å². The molecule has 2 aliphatic rings. The van der Waals surface area contributed by atoms with Crippen LogP contribution < -0.4 is 0 Å². The largest absolute Gasteiger partial charge is 0.295 e. The molecule has 0 bridgehead atoms. The van der Waals surface area contributed by atoms with E-state index < -0.39 is 11.1 Å². The van der Waals surface area contributed by atoms with Crippen molar-refractivity contribution in [2.75, 3.05) is 0 Å². The first-order valence-corrected chi connectivity index (χ1v) is 7.06. The Morgan fingerprint density at radius 3 is 2.15 bits per heavy atom. The number of hydrogen-bond donors (Lipinski definition) is 0. The van der Waals surface area contributed by atoms with Crippen LogP contribution in [0.15, 0.2) is 23.8 Å². The topological polar surface area (TPSA) is 57.3 Å². The van der Waals surface area contributed by atoms with Gasteiger partial charge in [-0.15, -0.1) is 10.3 Å². The number of piperidine rings is 1. The van der Waals surface area contributed by atoms with Crippen LogP contribution in [0.2, 0.25) is 0 Å². The molecule has 4 heteroatoms. The van der Waals surface area contributed by atoms with Gasteiger partial charge in [-0.25, -0.2) is 0 Å². The highest BCUT2D eigenvalue weighted by Crippen LogP contribution is 2.41. The second-order valence-corrected chi connectivity index (χ2v) is 7.05. The van der Waals surface area contributed by atoms with Crippen LogP contribution in [0.1, 0.15) is 47.0 Å². The smallest absolute Gasteiger partial charge is 0.165 e. The molecule has 1 saturated heterocycles. The molecule has 1 aliphatic carbocycles. The molecule has 0 aromatic rings. The summed E-state index contributed by atoms with van der Waals surface area (Å²) in [6, 6.07) is 0. The molecule has 0 aromatic carbocycles. The third-order valence-corrected chi connectivity index (χ3v) is 4.22. The van der Waals surface area contributed by atoms with Gasteiger partial charge in [0, 0.05) is 29.0 Å². The van der Waals surface area contributed by atoms with Gasteiger partial charge in [-0.2, -0.15) is 0 Å². The number of carbonyl (C=O) groups is 2. The molecule has 1 fully saturated rings. The highest BCUT2D eigenvalue weighted by molar-refractivity contribution is 6.04. The molecule has 20 heavy (non-hydrogen) atoms. The van der Waals surface area contributed by atoms with Gasteiger partial charge >= 0.3 is 0 Å². The highest BCUT2D eigenvalue weighted by atomic mass is 16.5. The van der Waals surface area contributed by atoms with Gasteiger partial charge in [-0.1, -0.05) is 6.08 Å². The number of ketones is 2. The van der Waals surface area contributed by atoms with Crippen molar-refractivity contribution in [3.63, 3.8) is 0 Å². The second kappa shape index (κ2) is 4.93. The third kappa shape index (κ3) is 2.76. The normalized spacial score (nSPS) is 26.4. The molecule has 2 rings (SSSR count). The van der Waals surface area contributed by atoms with Crippen LogP contribution in [-0.4, -0.2) is 27.7 Å². The van der Waals surface area contributed by atoms with E-state index in [1.165, 1.54) is 6.08 Å². The van der Waals surface area contributed by atoms with Crippen LogP contribution in [0.5, 0.6) is 0 Å². The van der Waals surface area contributed by atoms with Gasteiger partial charge in [0.25, 0.3) is 0 Å². The Bertz CT molecular complexity index is 482. The van der Waals surface area contributed by atoms with E-state index in [0.29, 0.717) is 24.8 Å². The zero-order chi connectivity index (χ0) is 15.1. The van der Waals surface area contributed by atoms with Crippen LogP contribution >= 0.6 is 0 Å². The number of rotatable bonds is 2. The lowest BCUT2D eigenvalue weighted by molar-refractivity contribution is -0.292. The molecule has 0 spiro atoms. The van der Waals surface area contributed by atoms with E-state index >= 15 is 0 Å². The molecule has 0 unspecified atom stereocenters. The predicted octanol–water partition coefficient (Wildman–Crippen LogP) is 2.63. The van der Waals surface area contributed by atoms with Gasteiger partial charge in [-0.05, 0) is 52.7 Å². The van der Waals surface area contributed by atoms with Crippen LogP contribution in [0.4, 0.5) is 0 Å². The van der Waals surface area contributed by atoms with Gasteiger partial charge in [0.2, 0.25) is 0 Å². The quantitative estimate of drug-likeness (QED) is 0.779. The minimum Gasteiger partial charge on any atom is -0.295 e. The maximum Gasteiger partial charge on any atom is 0.165 e. The third-order valence-electron chi connectivity index (χ3n) is 4.22. The molecular formula is C16H22NO3. The molecule has 109 valence electrons. The molecule has 0 amide bonds. The maximum absolute atomic E-state index is 12.6. The summed E-state index contributed by atoms with van der Waals surface area (Å²) in [4.78, 5) is 23.8. The number of hydrogen-bond acceptors (Lipinski definition) is 3. The molecule has 0 aromatic heterocycles. The Morgan fingerprint density at radius 1 is 1.15 bits per heavy atom. The molecule has 0 N–H and O–H groups in total. The van der Waals surface area contributed by atoms with Crippen molar-refractivity contribution in [2.24, 2.45) is 5.92 Å². The average Bonchev–Trinajstić information content (AvgIpc) is 2.35. The maximum atomic E-state index is 12.6. The molecule has 0 saturated carbocycles. The lowest BCUT2D eigenvalue weighted by atomic mass is 9.72. The summed E-state index contributed by atoms with van der Waals surface area (Å²) in [7, 11) is 0.